The molecule has 0 rings (SSSR count). The van der Waals surface area contributed by atoms with Gasteiger partial charge < -0.3 is 9.47 Å². The zero-order valence-electron chi connectivity index (χ0n) is 34.9. The molecule has 0 atom stereocenters. The molecule has 0 fully saturated rings. The normalized spacial score (nSPS) is 11.3. The maximum Gasteiger partial charge on any atom is 0.305 e. The van der Waals surface area contributed by atoms with Crippen LogP contribution in [0.1, 0.15) is 271 Å². The van der Waals surface area contributed by atoms with Crippen LogP contribution in [0.15, 0.2) is 0 Å². The fourth-order valence-corrected chi connectivity index (χ4v) is 7.19. The van der Waals surface area contributed by atoms with Crippen LogP contribution in [0.3, 0.4) is 0 Å². The third-order valence-corrected chi connectivity index (χ3v) is 10.7. The van der Waals surface area contributed by atoms with Gasteiger partial charge >= 0.3 is 11.9 Å². The lowest BCUT2D eigenvalue weighted by molar-refractivity contribution is -0.144. The third-order valence-electron chi connectivity index (χ3n) is 10.7. The van der Waals surface area contributed by atoms with Crippen molar-refractivity contribution < 1.29 is 19.1 Å². The molecule has 0 aromatic carbocycles. The number of hydrogen-bond acceptors (Lipinski definition) is 4. The van der Waals surface area contributed by atoms with Crippen molar-refractivity contribution in [1.82, 2.24) is 0 Å². The van der Waals surface area contributed by atoms with Crippen molar-refractivity contribution in [1.29, 1.82) is 0 Å². The fraction of sp³-hybridized carbons (Fsp3) is 0.936. The Balaban J connectivity index is 3.24. The van der Waals surface area contributed by atoms with E-state index in [0.29, 0.717) is 12.8 Å². The first-order valence-electron chi connectivity index (χ1n) is 23.3. The van der Waals surface area contributed by atoms with Crippen molar-refractivity contribution >= 4 is 11.9 Å². The molecular weight excluding hydrogens is 629 g/mol. The van der Waals surface area contributed by atoms with Gasteiger partial charge in [0.2, 0.25) is 0 Å². The SMILES string of the molecule is CCCCCCCCCCCCCCCCCCCCCC(=O)OC[CH]COC(=O)CCCCCCCCCCCCCCCCCCCCC. The maximum atomic E-state index is 12.0. The zero-order chi connectivity index (χ0) is 37.0. The van der Waals surface area contributed by atoms with Gasteiger partial charge in [-0.1, -0.05) is 245 Å². The van der Waals surface area contributed by atoms with Crippen LogP contribution in [0.4, 0.5) is 0 Å². The highest BCUT2D eigenvalue weighted by molar-refractivity contribution is 5.69. The predicted molar refractivity (Wildman–Crippen MR) is 222 cm³/mol. The highest BCUT2D eigenvalue weighted by Crippen LogP contribution is 2.17. The molecule has 0 saturated carbocycles. The number of hydrogen-bond donors (Lipinski definition) is 0. The molecule has 0 aliphatic rings. The van der Waals surface area contributed by atoms with E-state index in [9.17, 15) is 9.59 Å². The van der Waals surface area contributed by atoms with E-state index < -0.39 is 0 Å². The summed E-state index contributed by atoms with van der Waals surface area (Å²) in [5.41, 5.74) is 0. The molecule has 303 valence electrons. The summed E-state index contributed by atoms with van der Waals surface area (Å²) in [7, 11) is 0. The number of ether oxygens (including phenoxy) is 2. The molecule has 0 N–H and O–H groups in total. The Morgan fingerprint density at radius 2 is 0.471 bits per heavy atom. The van der Waals surface area contributed by atoms with Crippen LogP contribution < -0.4 is 0 Å². The van der Waals surface area contributed by atoms with E-state index in [1.807, 2.05) is 0 Å². The minimum atomic E-state index is -0.140. The minimum absolute atomic E-state index is 0.140. The number of carbonyl (C=O) groups is 2. The van der Waals surface area contributed by atoms with Crippen molar-refractivity contribution in [2.24, 2.45) is 0 Å². The first-order chi connectivity index (χ1) is 25.2. The van der Waals surface area contributed by atoms with E-state index in [1.165, 1.54) is 218 Å². The average molecular weight is 720 g/mol. The second kappa shape index (κ2) is 45.1. The van der Waals surface area contributed by atoms with Gasteiger partial charge in [-0.3, -0.25) is 9.59 Å². The number of unbranched alkanes of at least 4 members (excludes halogenated alkanes) is 36. The molecular formula is C47H91O4. The first-order valence-corrected chi connectivity index (χ1v) is 23.3. The van der Waals surface area contributed by atoms with Gasteiger partial charge in [0.15, 0.2) is 0 Å². The lowest BCUT2D eigenvalue weighted by Gasteiger charge is -2.07. The maximum absolute atomic E-state index is 12.0. The second-order valence-electron chi connectivity index (χ2n) is 15.9. The summed E-state index contributed by atoms with van der Waals surface area (Å²) in [6, 6.07) is 0. The molecule has 4 heteroatoms. The molecule has 0 spiro atoms. The molecule has 1 radical (unpaired) electrons. The molecule has 0 saturated heterocycles. The highest BCUT2D eigenvalue weighted by atomic mass is 16.5. The van der Waals surface area contributed by atoms with Gasteiger partial charge in [-0.2, -0.15) is 0 Å². The molecule has 0 heterocycles. The minimum Gasteiger partial charge on any atom is -0.465 e. The van der Waals surface area contributed by atoms with Crippen molar-refractivity contribution in [3.63, 3.8) is 0 Å². The topological polar surface area (TPSA) is 52.6 Å². The van der Waals surface area contributed by atoms with Crippen LogP contribution in [0.25, 0.3) is 0 Å². The van der Waals surface area contributed by atoms with Crippen LogP contribution >= 0.6 is 0 Å². The fourth-order valence-electron chi connectivity index (χ4n) is 7.19. The summed E-state index contributed by atoms with van der Waals surface area (Å²) >= 11 is 0. The number of esters is 2. The van der Waals surface area contributed by atoms with Crippen LogP contribution in [0.5, 0.6) is 0 Å². The predicted octanol–water partition coefficient (Wildman–Crippen LogP) is 15.9. The van der Waals surface area contributed by atoms with Gasteiger partial charge in [-0.15, -0.1) is 0 Å². The monoisotopic (exact) mass is 720 g/mol. The summed E-state index contributed by atoms with van der Waals surface area (Å²) in [4.78, 5) is 23.9. The Hall–Kier alpha value is -1.06. The van der Waals surface area contributed by atoms with Crippen LogP contribution in [-0.2, 0) is 19.1 Å². The molecule has 0 aromatic rings. The largest absolute Gasteiger partial charge is 0.465 e. The second-order valence-corrected chi connectivity index (χ2v) is 15.9. The van der Waals surface area contributed by atoms with E-state index in [4.69, 9.17) is 9.47 Å². The van der Waals surface area contributed by atoms with E-state index >= 15 is 0 Å². The van der Waals surface area contributed by atoms with Crippen LogP contribution in [0.2, 0.25) is 0 Å². The lowest BCUT2D eigenvalue weighted by atomic mass is 10.0. The molecule has 4 nitrogen and oxygen atoms in total. The summed E-state index contributed by atoms with van der Waals surface area (Å²) in [6.07, 6.45) is 54.1. The molecule has 0 aliphatic carbocycles. The Morgan fingerprint density at radius 1 is 0.294 bits per heavy atom. The summed E-state index contributed by atoms with van der Waals surface area (Å²) in [5.74, 6) is -0.280. The van der Waals surface area contributed by atoms with Gasteiger partial charge in [-0.05, 0) is 12.8 Å². The quantitative estimate of drug-likeness (QED) is 0.0465. The van der Waals surface area contributed by atoms with E-state index in [-0.39, 0.29) is 25.2 Å². The van der Waals surface area contributed by atoms with Gasteiger partial charge in [0, 0.05) is 19.3 Å². The van der Waals surface area contributed by atoms with Crippen molar-refractivity contribution in [2.45, 2.75) is 271 Å². The van der Waals surface area contributed by atoms with Gasteiger partial charge in [0.25, 0.3) is 0 Å². The summed E-state index contributed by atoms with van der Waals surface area (Å²) in [6.45, 7) is 5.03. The standard InChI is InChI=1S/C47H91O4/c1-3-5-7-9-11-13-15-17-19-21-23-25-27-29-31-33-35-37-39-42-46(48)50-44-41-45-51-47(49)43-40-38-36-34-32-30-28-26-24-22-20-18-16-14-12-10-8-6-4-2/h41H,3-40,42-45H2,1-2H3. The zero-order valence-corrected chi connectivity index (χ0v) is 34.9. The first kappa shape index (κ1) is 49.9. The van der Waals surface area contributed by atoms with Crippen molar-refractivity contribution in [3.8, 4) is 0 Å². The summed E-state index contributed by atoms with van der Waals surface area (Å²) < 4.78 is 10.6. The van der Waals surface area contributed by atoms with Gasteiger partial charge in [0.1, 0.15) is 0 Å². The van der Waals surface area contributed by atoms with Crippen molar-refractivity contribution in [3.05, 3.63) is 6.42 Å². The Bertz CT molecular complexity index is 621. The molecule has 0 aliphatic heterocycles. The lowest BCUT2D eigenvalue weighted by Crippen LogP contribution is -2.11. The van der Waals surface area contributed by atoms with E-state index in [2.05, 4.69) is 13.8 Å². The van der Waals surface area contributed by atoms with E-state index in [0.717, 1.165) is 25.7 Å². The van der Waals surface area contributed by atoms with Crippen molar-refractivity contribution in [2.75, 3.05) is 13.2 Å². The molecule has 0 amide bonds. The smallest absolute Gasteiger partial charge is 0.305 e. The Morgan fingerprint density at radius 3 is 0.667 bits per heavy atom. The van der Waals surface area contributed by atoms with Crippen LogP contribution in [-0.4, -0.2) is 25.2 Å². The Labute approximate surface area is 320 Å². The molecule has 51 heavy (non-hydrogen) atoms. The van der Waals surface area contributed by atoms with Gasteiger partial charge in [-0.25, -0.2) is 0 Å². The third kappa shape index (κ3) is 45.0. The summed E-state index contributed by atoms with van der Waals surface area (Å²) in [5, 5.41) is 0. The Kier molecular flexibility index (Phi) is 44.2. The number of carbonyl (C=O) groups excluding carboxylic acids is 2. The number of rotatable bonds is 44. The molecule has 0 bridgehead atoms. The van der Waals surface area contributed by atoms with E-state index in [1.54, 1.807) is 6.42 Å². The highest BCUT2D eigenvalue weighted by Gasteiger charge is 2.06. The average Bonchev–Trinajstić information content (AvgIpc) is 3.13. The molecule has 0 unspecified atom stereocenters. The molecule has 0 aromatic heterocycles. The van der Waals surface area contributed by atoms with Crippen LogP contribution in [0, 0.1) is 6.42 Å². The van der Waals surface area contributed by atoms with Gasteiger partial charge in [0.05, 0.1) is 13.2 Å².